The van der Waals surface area contributed by atoms with Crippen LogP contribution in [0.1, 0.15) is 17.0 Å². The van der Waals surface area contributed by atoms with Crippen LogP contribution < -0.4 is 14.2 Å². The van der Waals surface area contributed by atoms with Gasteiger partial charge in [-0.3, -0.25) is 4.90 Å². The molecule has 0 radical (unpaired) electrons. The Balaban J connectivity index is 2.17. The van der Waals surface area contributed by atoms with Gasteiger partial charge in [0, 0.05) is 18.2 Å². The lowest BCUT2D eigenvalue weighted by Gasteiger charge is -2.19. The van der Waals surface area contributed by atoms with Crippen molar-refractivity contribution in [1.29, 1.82) is 0 Å². The fourth-order valence-electron chi connectivity index (χ4n) is 2.39. The zero-order chi connectivity index (χ0) is 16.1. The average molecular weight is 306 g/mol. The second kappa shape index (κ2) is 7.17. The molecule has 2 rings (SSSR count). The topological polar surface area (TPSA) is 57.0 Å². The molecule has 0 aliphatic heterocycles. The maximum Gasteiger partial charge on any atom is 0.203 e. The zero-order valence-electron chi connectivity index (χ0n) is 13.7. The summed E-state index contributed by atoms with van der Waals surface area (Å²) < 4.78 is 21.4. The van der Waals surface area contributed by atoms with E-state index in [0.717, 1.165) is 17.0 Å². The SMILES string of the molecule is COc1ccc(CN(C)Cc2cc(C)no2)c(OC)c1OC. The summed E-state index contributed by atoms with van der Waals surface area (Å²) in [5, 5.41) is 3.90. The Morgan fingerprint density at radius 1 is 1.05 bits per heavy atom. The summed E-state index contributed by atoms with van der Waals surface area (Å²) in [6.45, 7) is 3.26. The molecule has 0 amide bonds. The summed E-state index contributed by atoms with van der Waals surface area (Å²) in [4.78, 5) is 2.11. The van der Waals surface area contributed by atoms with E-state index in [1.165, 1.54) is 0 Å². The Hall–Kier alpha value is -2.21. The third kappa shape index (κ3) is 3.51. The van der Waals surface area contributed by atoms with Crippen LogP contribution in [0.2, 0.25) is 0 Å². The van der Waals surface area contributed by atoms with Crippen molar-refractivity contribution in [2.75, 3.05) is 28.4 Å². The van der Waals surface area contributed by atoms with Crippen molar-refractivity contribution < 1.29 is 18.7 Å². The van der Waals surface area contributed by atoms with Gasteiger partial charge in [-0.2, -0.15) is 0 Å². The molecule has 1 heterocycles. The first-order valence-corrected chi connectivity index (χ1v) is 6.97. The molecule has 2 aromatic rings. The minimum absolute atomic E-state index is 0.603. The van der Waals surface area contributed by atoms with E-state index in [2.05, 4.69) is 10.1 Å². The highest BCUT2D eigenvalue weighted by molar-refractivity contribution is 5.55. The van der Waals surface area contributed by atoms with Crippen LogP contribution in [0.4, 0.5) is 0 Å². The molecule has 0 spiro atoms. The van der Waals surface area contributed by atoms with Crippen molar-refractivity contribution >= 4 is 0 Å². The van der Waals surface area contributed by atoms with Crippen LogP contribution in [0.5, 0.6) is 17.2 Å². The number of methoxy groups -OCH3 is 3. The predicted octanol–water partition coefficient (Wildman–Crippen LogP) is 2.64. The highest BCUT2D eigenvalue weighted by Gasteiger charge is 2.17. The molecule has 0 bridgehead atoms. The zero-order valence-corrected chi connectivity index (χ0v) is 13.7. The minimum Gasteiger partial charge on any atom is -0.493 e. The fraction of sp³-hybridized carbons (Fsp3) is 0.438. The summed E-state index contributed by atoms with van der Waals surface area (Å²) in [6, 6.07) is 5.79. The van der Waals surface area contributed by atoms with Gasteiger partial charge in [-0.25, -0.2) is 0 Å². The Bertz CT molecular complexity index is 625. The maximum atomic E-state index is 5.50. The molecule has 0 N–H and O–H groups in total. The largest absolute Gasteiger partial charge is 0.493 e. The molecule has 0 unspecified atom stereocenters. The lowest BCUT2D eigenvalue weighted by atomic mass is 10.1. The van der Waals surface area contributed by atoms with Crippen LogP contribution in [-0.4, -0.2) is 38.4 Å². The van der Waals surface area contributed by atoms with E-state index in [1.807, 2.05) is 32.2 Å². The molecule has 120 valence electrons. The number of hydrogen-bond donors (Lipinski definition) is 0. The molecule has 1 aromatic heterocycles. The quantitative estimate of drug-likeness (QED) is 0.784. The monoisotopic (exact) mass is 306 g/mol. The van der Waals surface area contributed by atoms with Gasteiger partial charge in [-0.1, -0.05) is 11.2 Å². The molecule has 0 saturated carbocycles. The molecular formula is C16H22N2O4. The van der Waals surface area contributed by atoms with Gasteiger partial charge in [0.25, 0.3) is 0 Å². The molecule has 0 saturated heterocycles. The number of ether oxygens (including phenoxy) is 3. The van der Waals surface area contributed by atoms with Gasteiger partial charge in [0.15, 0.2) is 17.3 Å². The van der Waals surface area contributed by atoms with Crippen molar-refractivity contribution in [2.24, 2.45) is 0 Å². The molecule has 0 fully saturated rings. The van der Waals surface area contributed by atoms with Gasteiger partial charge >= 0.3 is 0 Å². The normalized spacial score (nSPS) is 10.8. The van der Waals surface area contributed by atoms with Crippen LogP contribution >= 0.6 is 0 Å². The van der Waals surface area contributed by atoms with Crippen molar-refractivity contribution in [3.05, 3.63) is 35.2 Å². The maximum absolute atomic E-state index is 5.50. The smallest absolute Gasteiger partial charge is 0.203 e. The summed E-state index contributed by atoms with van der Waals surface area (Å²) >= 11 is 0. The van der Waals surface area contributed by atoms with E-state index in [4.69, 9.17) is 18.7 Å². The first-order valence-electron chi connectivity index (χ1n) is 6.97. The second-order valence-electron chi connectivity index (χ2n) is 5.10. The Labute approximate surface area is 130 Å². The van der Waals surface area contributed by atoms with E-state index in [9.17, 15) is 0 Å². The van der Waals surface area contributed by atoms with Crippen LogP contribution in [0.15, 0.2) is 22.7 Å². The number of rotatable bonds is 7. The molecule has 6 heteroatoms. The number of aryl methyl sites for hydroxylation is 1. The molecule has 0 atom stereocenters. The fourth-order valence-corrected chi connectivity index (χ4v) is 2.39. The first kappa shape index (κ1) is 16.2. The van der Waals surface area contributed by atoms with Crippen LogP contribution in [0, 0.1) is 6.92 Å². The van der Waals surface area contributed by atoms with E-state index in [1.54, 1.807) is 21.3 Å². The third-order valence-corrected chi connectivity index (χ3v) is 3.33. The average Bonchev–Trinajstić information content (AvgIpc) is 2.91. The van der Waals surface area contributed by atoms with Crippen molar-refractivity contribution in [3.8, 4) is 17.2 Å². The first-order chi connectivity index (χ1) is 10.6. The van der Waals surface area contributed by atoms with Crippen molar-refractivity contribution in [2.45, 2.75) is 20.0 Å². The van der Waals surface area contributed by atoms with Gasteiger partial charge < -0.3 is 18.7 Å². The summed E-state index contributed by atoms with van der Waals surface area (Å²) in [5.41, 5.74) is 1.89. The van der Waals surface area contributed by atoms with Gasteiger partial charge in [-0.05, 0) is 20.0 Å². The minimum atomic E-state index is 0.603. The number of benzene rings is 1. The molecule has 22 heavy (non-hydrogen) atoms. The summed E-state index contributed by atoms with van der Waals surface area (Å²) in [5.74, 6) is 2.77. The van der Waals surface area contributed by atoms with Crippen LogP contribution in [-0.2, 0) is 13.1 Å². The molecule has 0 aliphatic carbocycles. The lowest BCUT2D eigenvalue weighted by Crippen LogP contribution is -2.17. The van der Waals surface area contributed by atoms with Crippen LogP contribution in [0.25, 0.3) is 0 Å². The second-order valence-corrected chi connectivity index (χ2v) is 5.10. The molecular weight excluding hydrogens is 284 g/mol. The van der Waals surface area contributed by atoms with E-state index < -0.39 is 0 Å². The third-order valence-electron chi connectivity index (χ3n) is 3.33. The van der Waals surface area contributed by atoms with Crippen molar-refractivity contribution in [3.63, 3.8) is 0 Å². The van der Waals surface area contributed by atoms with Crippen LogP contribution in [0.3, 0.4) is 0 Å². The Morgan fingerprint density at radius 2 is 1.77 bits per heavy atom. The van der Waals surface area contributed by atoms with Gasteiger partial charge in [0.1, 0.15) is 0 Å². The van der Waals surface area contributed by atoms with E-state index in [-0.39, 0.29) is 0 Å². The van der Waals surface area contributed by atoms with E-state index >= 15 is 0 Å². The number of aromatic nitrogens is 1. The van der Waals surface area contributed by atoms with Crippen molar-refractivity contribution in [1.82, 2.24) is 10.1 Å². The highest BCUT2D eigenvalue weighted by atomic mass is 16.5. The number of nitrogens with zero attached hydrogens (tertiary/aromatic N) is 2. The molecule has 0 aliphatic rings. The standard InChI is InChI=1S/C16H22N2O4/c1-11-8-13(22-17-11)10-18(2)9-12-6-7-14(19-3)16(21-5)15(12)20-4/h6-8H,9-10H2,1-5H3. The van der Waals surface area contributed by atoms with Gasteiger partial charge in [0.05, 0.1) is 33.6 Å². The summed E-state index contributed by atoms with van der Waals surface area (Å²) in [6.07, 6.45) is 0. The predicted molar refractivity (Wildman–Crippen MR) is 82.5 cm³/mol. The highest BCUT2D eigenvalue weighted by Crippen LogP contribution is 2.40. The Kier molecular flexibility index (Phi) is 5.27. The van der Waals surface area contributed by atoms with Gasteiger partial charge in [-0.15, -0.1) is 0 Å². The molecule has 1 aromatic carbocycles. The summed E-state index contributed by atoms with van der Waals surface area (Å²) in [7, 11) is 6.84. The van der Waals surface area contributed by atoms with E-state index in [0.29, 0.717) is 30.3 Å². The lowest BCUT2D eigenvalue weighted by molar-refractivity contribution is 0.260. The van der Waals surface area contributed by atoms with Gasteiger partial charge in [0.2, 0.25) is 5.75 Å². The Morgan fingerprint density at radius 3 is 2.32 bits per heavy atom. The number of hydrogen-bond acceptors (Lipinski definition) is 6. The molecule has 6 nitrogen and oxygen atoms in total.